The Morgan fingerprint density at radius 3 is 2.70 bits per heavy atom. The number of aromatic nitrogens is 1. The lowest BCUT2D eigenvalue weighted by molar-refractivity contribution is -0.128. The molecule has 2 aromatic heterocycles. The highest BCUT2D eigenvalue weighted by Gasteiger charge is 2.22. The number of H-pyrrole nitrogens is 1. The number of carbonyl (C=O) groups is 2. The van der Waals surface area contributed by atoms with Crippen molar-refractivity contribution < 1.29 is 19.1 Å². The van der Waals surface area contributed by atoms with E-state index in [0.717, 1.165) is 16.5 Å². The standard InChI is InChI=1S/C21H22N4O5/c1-11-8-18(27)19(21(29)30-11)12(2)24-25-20(28)17(23-13(3)26)9-14-10-22-16-7-5-4-6-15(14)16/h4-8,10,17,22,27H,9H2,1-3H3,(H,23,26)(H,25,28)/t17-/m1/s1. The van der Waals surface area contributed by atoms with Crippen LogP contribution in [0.15, 0.2) is 50.8 Å². The van der Waals surface area contributed by atoms with Crippen LogP contribution in [0.1, 0.15) is 30.7 Å². The molecule has 1 atom stereocenters. The van der Waals surface area contributed by atoms with E-state index in [0.29, 0.717) is 0 Å². The summed E-state index contributed by atoms with van der Waals surface area (Å²) in [6.45, 7) is 4.30. The third-order valence-corrected chi connectivity index (χ3v) is 4.54. The third kappa shape index (κ3) is 4.57. The van der Waals surface area contributed by atoms with E-state index in [9.17, 15) is 19.5 Å². The number of para-hydroxylation sites is 1. The molecule has 2 heterocycles. The van der Waals surface area contributed by atoms with Gasteiger partial charge < -0.3 is 19.8 Å². The number of amides is 2. The van der Waals surface area contributed by atoms with Crippen LogP contribution in [0, 0.1) is 6.92 Å². The van der Waals surface area contributed by atoms with Crippen molar-refractivity contribution in [1.29, 1.82) is 0 Å². The van der Waals surface area contributed by atoms with Crippen LogP contribution in [-0.2, 0) is 16.0 Å². The average Bonchev–Trinajstić information content (AvgIpc) is 3.07. The lowest BCUT2D eigenvalue weighted by Gasteiger charge is -2.16. The summed E-state index contributed by atoms with van der Waals surface area (Å²) >= 11 is 0. The molecule has 0 saturated heterocycles. The largest absolute Gasteiger partial charge is 0.507 e. The van der Waals surface area contributed by atoms with Crippen LogP contribution < -0.4 is 16.4 Å². The van der Waals surface area contributed by atoms with E-state index in [1.807, 2.05) is 24.3 Å². The first kappa shape index (κ1) is 20.8. The number of hydrogen-bond acceptors (Lipinski definition) is 6. The van der Waals surface area contributed by atoms with Gasteiger partial charge in [0.15, 0.2) is 0 Å². The van der Waals surface area contributed by atoms with Crippen molar-refractivity contribution in [3.05, 3.63) is 63.8 Å². The number of hydrogen-bond donors (Lipinski definition) is 4. The molecule has 0 aliphatic rings. The fraction of sp³-hybridized carbons (Fsp3) is 0.238. The predicted octanol–water partition coefficient (Wildman–Crippen LogP) is 1.72. The average molecular weight is 410 g/mol. The summed E-state index contributed by atoms with van der Waals surface area (Å²) < 4.78 is 4.96. The lowest BCUT2D eigenvalue weighted by atomic mass is 10.0. The van der Waals surface area contributed by atoms with E-state index in [1.165, 1.54) is 26.8 Å². The maximum Gasteiger partial charge on any atom is 0.348 e. The molecule has 156 valence electrons. The highest BCUT2D eigenvalue weighted by molar-refractivity contribution is 6.01. The van der Waals surface area contributed by atoms with E-state index in [2.05, 4.69) is 20.8 Å². The minimum atomic E-state index is -0.888. The van der Waals surface area contributed by atoms with E-state index in [-0.39, 0.29) is 35.1 Å². The first-order valence-corrected chi connectivity index (χ1v) is 9.26. The van der Waals surface area contributed by atoms with Crippen molar-refractivity contribution in [3.8, 4) is 5.75 Å². The van der Waals surface area contributed by atoms with Gasteiger partial charge in [-0.15, -0.1) is 0 Å². The smallest absolute Gasteiger partial charge is 0.348 e. The monoisotopic (exact) mass is 410 g/mol. The summed E-state index contributed by atoms with van der Waals surface area (Å²) in [6, 6.07) is 8.02. The quantitative estimate of drug-likeness (QED) is 0.362. The Morgan fingerprint density at radius 2 is 2.00 bits per heavy atom. The molecule has 3 rings (SSSR count). The first-order valence-electron chi connectivity index (χ1n) is 9.26. The van der Waals surface area contributed by atoms with E-state index in [4.69, 9.17) is 4.42 Å². The van der Waals surface area contributed by atoms with E-state index < -0.39 is 17.6 Å². The second-order valence-corrected chi connectivity index (χ2v) is 6.89. The molecule has 1 aromatic carbocycles. The topological polar surface area (TPSA) is 137 Å². The van der Waals surface area contributed by atoms with Crippen molar-refractivity contribution >= 4 is 28.4 Å². The zero-order chi connectivity index (χ0) is 21.8. The summed E-state index contributed by atoms with van der Waals surface area (Å²) in [7, 11) is 0. The van der Waals surface area contributed by atoms with Gasteiger partial charge in [-0.2, -0.15) is 5.10 Å². The third-order valence-electron chi connectivity index (χ3n) is 4.54. The molecule has 3 aromatic rings. The van der Waals surface area contributed by atoms with Gasteiger partial charge in [0.1, 0.15) is 23.1 Å². The van der Waals surface area contributed by atoms with Crippen molar-refractivity contribution in [1.82, 2.24) is 15.7 Å². The molecular weight excluding hydrogens is 388 g/mol. The molecule has 0 spiro atoms. The van der Waals surface area contributed by atoms with Gasteiger partial charge >= 0.3 is 5.63 Å². The minimum Gasteiger partial charge on any atom is -0.507 e. The second kappa shape index (κ2) is 8.64. The van der Waals surface area contributed by atoms with Crippen LogP contribution in [0.3, 0.4) is 0 Å². The number of aromatic amines is 1. The van der Waals surface area contributed by atoms with Gasteiger partial charge in [-0.3, -0.25) is 9.59 Å². The summed E-state index contributed by atoms with van der Waals surface area (Å²) in [5.41, 5.74) is 3.29. The molecule has 0 unspecified atom stereocenters. The van der Waals surface area contributed by atoms with E-state index >= 15 is 0 Å². The van der Waals surface area contributed by atoms with Crippen LogP contribution in [0.5, 0.6) is 5.75 Å². The fourth-order valence-corrected chi connectivity index (χ4v) is 3.18. The predicted molar refractivity (Wildman–Crippen MR) is 111 cm³/mol. The Labute approximate surface area is 171 Å². The SMILES string of the molecule is CC(=O)N[C@H](Cc1c[nH]c2ccccc12)C(=O)NN=C(C)c1c(O)cc(C)oc1=O. The number of hydrazone groups is 1. The number of aromatic hydroxyl groups is 1. The van der Waals surface area contributed by atoms with E-state index in [1.54, 1.807) is 6.20 Å². The van der Waals surface area contributed by atoms with Crippen molar-refractivity contribution in [3.63, 3.8) is 0 Å². The molecule has 0 aliphatic heterocycles. The minimum absolute atomic E-state index is 0.0725. The highest BCUT2D eigenvalue weighted by Crippen LogP contribution is 2.19. The summed E-state index contributed by atoms with van der Waals surface area (Å²) in [5.74, 6) is -0.975. The molecular formula is C21H22N4O5. The van der Waals surface area contributed by atoms with Gasteiger partial charge in [0.2, 0.25) is 5.91 Å². The first-order chi connectivity index (χ1) is 14.3. The lowest BCUT2D eigenvalue weighted by Crippen LogP contribution is -2.46. The van der Waals surface area contributed by atoms with Crippen molar-refractivity contribution in [2.75, 3.05) is 0 Å². The Balaban J connectivity index is 1.81. The number of fused-ring (bicyclic) bond motifs is 1. The number of benzene rings is 1. The molecule has 30 heavy (non-hydrogen) atoms. The summed E-state index contributed by atoms with van der Waals surface area (Å²) in [6.07, 6.45) is 2.03. The van der Waals surface area contributed by atoms with Crippen molar-refractivity contribution in [2.45, 2.75) is 33.2 Å². The van der Waals surface area contributed by atoms with Crippen LogP contribution in [0.4, 0.5) is 0 Å². The molecule has 4 N–H and O–H groups in total. The Kier molecular flexibility index (Phi) is 6.01. The molecule has 2 amide bonds. The number of aryl methyl sites for hydroxylation is 1. The maximum atomic E-state index is 12.7. The number of nitrogens with zero attached hydrogens (tertiary/aromatic N) is 1. The highest BCUT2D eigenvalue weighted by atomic mass is 16.4. The van der Waals surface area contributed by atoms with Gasteiger partial charge in [-0.05, 0) is 25.5 Å². The van der Waals surface area contributed by atoms with Gasteiger partial charge in [0, 0.05) is 36.5 Å². The fourth-order valence-electron chi connectivity index (χ4n) is 3.18. The van der Waals surface area contributed by atoms with Crippen LogP contribution in [-0.4, -0.2) is 33.7 Å². The Bertz CT molecular complexity index is 1190. The zero-order valence-electron chi connectivity index (χ0n) is 16.8. The molecule has 9 nitrogen and oxygen atoms in total. The van der Waals surface area contributed by atoms with Gasteiger partial charge in [-0.25, -0.2) is 10.2 Å². The van der Waals surface area contributed by atoms with Crippen LogP contribution in [0.25, 0.3) is 10.9 Å². The molecule has 0 aliphatic carbocycles. The van der Waals surface area contributed by atoms with Crippen LogP contribution >= 0.6 is 0 Å². The zero-order valence-corrected chi connectivity index (χ0v) is 16.8. The number of carbonyl (C=O) groups excluding carboxylic acids is 2. The molecule has 9 heteroatoms. The van der Waals surface area contributed by atoms with Crippen molar-refractivity contribution in [2.24, 2.45) is 5.10 Å². The molecule has 0 fully saturated rings. The van der Waals surface area contributed by atoms with Gasteiger partial charge in [-0.1, -0.05) is 18.2 Å². The second-order valence-electron chi connectivity index (χ2n) is 6.89. The Hall–Kier alpha value is -3.88. The van der Waals surface area contributed by atoms with Gasteiger partial charge in [0.05, 0.1) is 5.71 Å². The summed E-state index contributed by atoms with van der Waals surface area (Å²) in [5, 5.41) is 17.5. The molecule has 0 bridgehead atoms. The normalized spacial score (nSPS) is 12.6. The Morgan fingerprint density at radius 1 is 1.27 bits per heavy atom. The molecule has 0 saturated carbocycles. The number of nitrogens with one attached hydrogen (secondary N) is 3. The molecule has 0 radical (unpaired) electrons. The van der Waals surface area contributed by atoms with Gasteiger partial charge in [0.25, 0.3) is 5.91 Å². The number of rotatable bonds is 6. The maximum absolute atomic E-state index is 12.7. The summed E-state index contributed by atoms with van der Waals surface area (Å²) in [4.78, 5) is 39.4. The van der Waals surface area contributed by atoms with Crippen LogP contribution in [0.2, 0.25) is 0 Å².